The van der Waals surface area contributed by atoms with Gasteiger partial charge in [0.25, 0.3) is 0 Å². The molecule has 56 valence electrons. The maximum Gasteiger partial charge on any atom is 0.374 e. The molecule has 0 atom stereocenters. The van der Waals surface area contributed by atoms with E-state index >= 15 is 0 Å². The number of hydrogen-bond donors (Lipinski definition) is 1. The van der Waals surface area contributed by atoms with Crippen molar-refractivity contribution in [2.45, 2.75) is 0 Å². The summed E-state index contributed by atoms with van der Waals surface area (Å²) >= 11 is 0. The topological polar surface area (TPSA) is 78.8 Å². The van der Waals surface area contributed by atoms with Gasteiger partial charge >= 0.3 is 5.97 Å². The van der Waals surface area contributed by atoms with E-state index in [1.54, 1.807) is 6.07 Å². The van der Waals surface area contributed by atoms with Crippen molar-refractivity contribution in [2.75, 3.05) is 7.11 Å². The van der Waals surface area contributed by atoms with Crippen LogP contribution < -0.4 is 0 Å². The van der Waals surface area contributed by atoms with Crippen molar-refractivity contribution in [2.24, 2.45) is 0 Å². The molecule has 11 heavy (non-hydrogen) atoms. The third-order valence-corrected chi connectivity index (χ3v) is 1.08. The lowest BCUT2D eigenvalue weighted by Gasteiger charge is -1.90. The third kappa shape index (κ3) is 1.35. The number of esters is 1. The van der Waals surface area contributed by atoms with Gasteiger partial charge in [-0.15, -0.1) is 0 Å². The molecule has 1 N–H and O–H groups in total. The number of ether oxygens (including phenoxy) is 1. The molecule has 0 aliphatic rings. The SMILES string of the molecule is COC(=O)c1ncc(C#N)[nH]1. The van der Waals surface area contributed by atoms with Crippen molar-refractivity contribution >= 4 is 5.97 Å². The van der Waals surface area contributed by atoms with E-state index in [2.05, 4.69) is 14.7 Å². The first kappa shape index (κ1) is 7.28. The number of carbonyl (C=O) groups is 1. The zero-order chi connectivity index (χ0) is 8.27. The first-order valence-electron chi connectivity index (χ1n) is 2.81. The summed E-state index contributed by atoms with van der Waals surface area (Å²) in [5.41, 5.74) is 0.241. The Bertz CT molecular complexity index is 310. The molecule has 5 nitrogen and oxygen atoms in total. The fourth-order valence-corrected chi connectivity index (χ4v) is 0.578. The minimum atomic E-state index is -0.577. The van der Waals surface area contributed by atoms with Crippen LogP contribution >= 0.6 is 0 Å². The second-order valence-electron chi connectivity index (χ2n) is 1.75. The van der Waals surface area contributed by atoms with Crippen molar-refractivity contribution in [3.63, 3.8) is 0 Å². The minimum Gasteiger partial charge on any atom is -0.463 e. The van der Waals surface area contributed by atoms with Crippen molar-refractivity contribution in [1.29, 1.82) is 5.26 Å². The molecule has 0 saturated heterocycles. The predicted octanol–water partition coefficient (Wildman–Crippen LogP) is 0.0680. The molecule has 0 aliphatic heterocycles. The highest BCUT2D eigenvalue weighted by Gasteiger charge is 2.08. The number of carbonyl (C=O) groups excluding carboxylic acids is 1. The Morgan fingerprint density at radius 2 is 2.64 bits per heavy atom. The molecule has 1 heterocycles. The average Bonchev–Trinajstić information content (AvgIpc) is 2.50. The fraction of sp³-hybridized carbons (Fsp3) is 0.167. The molecule has 5 heteroatoms. The van der Waals surface area contributed by atoms with Gasteiger partial charge in [0.15, 0.2) is 0 Å². The summed E-state index contributed by atoms with van der Waals surface area (Å²) in [5.74, 6) is -0.532. The fourth-order valence-electron chi connectivity index (χ4n) is 0.578. The molecule has 0 unspecified atom stereocenters. The average molecular weight is 151 g/mol. The number of H-pyrrole nitrogens is 1. The minimum absolute atomic E-state index is 0.0454. The number of aromatic amines is 1. The Balaban J connectivity index is 2.91. The van der Waals surface area contributed by atoms with Gasteiger partial charge in [0.1, 0.15) is 11.8 Å². The summed E-state index contributed by atoms with van der Waals surface area (Å²) in [5, 5.41) is 8.33. The van der Waals surface area contributed by atoms with Gasteiger partial charge in [-0.1, -0.05) is 0 Å². The van der Waals surface area contributed by atoms with Crippen LogP contribution in [0.1, 0.15) is 16.3 Å². The second kappa shape index (κ2) is 2.84. The van der Waals surface area contributed by atoms with Gasteiger partial charge in [-0.3, -0.25) is 0 Å². The molecule has 0 saturated carbocycles. The van der Waals surface area contributed by atoms with Crippen LogP contribution in [-0.2, 0) is 4.74 Å². The van der Waals surface area contributed by atoms with E-state index in [9.17, 15) is 4.79 Å². The van der Waals surface area contributed by atoms with E-state index in [-0.39, 0.29) is 11.5 Å². The summed E-state index contributed by atoms with van der Waals surface area (Å²) in [4.78, 5) is 16.8. The number of nitrogens with one attached hydrogen (secondary N) is 1. The number of hydrogen-bond acceptors (Lipinski definition) is 4. The Morgan fingerprint density at radius 3 is 3.09 bits per heavy atom. The normalized spacial score (nSPS) is 8.73. The molecule has 0 aliphatic carbocycles. The zero-order valence-electron chi connectivity index (χ0n) is 5.79. The van der Waals surface area contributed by atoms with Crippen molar-refractivity contribution in [3.05, 3.63) is 17.7 Å². The van der Waals surface area contributed by atoms with Crippen molar-refractivity contribution in [3.8, 4) is 6.07 Å². The molecule has 1 aromatic heterocycles. The van der Waals surface area contributed by atoms with E-state index in [0.29, 0.717) is 0 Å². The number of nitriles is 1. The predicted molar refractivity (Wildman–Crippen MR) is 34.6 cm³/mol. The van der Waals surface area contributed by atoms with Crippen LogP contribution in [0.4, 0.5) is 0 Å². The number of methoxy groups -OCH3 is 1. The largest absolute Gasteiger partial charge is 0.463 e. The first-order chi connectivity index (χ1) is 5.27. The van der Waals surface area contributed by atoms with Crippen molar-refractivity contribution in [1.82, 2.24) is 9.97 Å². The lowest BCUT2D eigenvalue weighted by molar-refractivity contribution is 0.0588. The highest BCUT2D eigenvalue weighted by molar-refractivity contribution is 5.85. The van der Waals surface area contributed by atoms with E-state index in [1.165, 1.54) is 13.3 Å². The first-order valence-corrected chi connectivity index (χ1v) is 2.81. The molecule has 0 radical (unpaired) electrons. The van der Waals surface area contributed by atoms with E-state index in [0.717, 1.165) is 0 Å². The van der Waals surface area contributed by atoms with Gasteiger partial charge < -0.3 is 9.72 Å². The van der Waals surface area contributed by atoms with Gasteiger partial charge in [0, 0.05) is 0 Å². The highest BCUT2D eigenvalue weighted by atomic mass is 16.5. The van der Waals surface area contributed by atoms with Gasteiger partial charge in [0.2, 0.25) is 5.82 Å². The number of imidazole rings is 1. The van der Waals surface area contributed by atoms with Gasteiger partial charge in [0.05, 0.1) is 13.3 Å². The summed E-state index contributed by atoms with van der Waals surface area (Å²) in [7, 11) is 1.25. The highest BCUT2D eigenvalue weighted by Crippen LogP contribution is 1.95. The summed E-state index contributed by atoms with van der Waals surface area (Å²) in [6.07, 6.45) is 1.27. The van der Waals surface area contributed by atoms with Crippen molar-refractivity contribution < 1.29 is 9.53 Å². The molecule has 0 spiro atoms. The summed E-state index contributed by atoms with van der Waals surface area (Å²) in [6.45, 7) is 0. The summed E-state index contributed by atoms with van der Waals surface area (Å²) in [6, 6.07) is 1.80. The molecular formula is C6H5N3O2. The van der Waals surface area contributed by atoms with Gasteiger partial charge in [-0.25, -0.2) is 9.78 Å². The molecule has 0 fully saturated rings. The standard InChI is InChI=1S/C6H5N3O2/c1-11-6(10)5-8-3-4(2-7)9-5/h3H,1H3,(H,8,9). The van der Waals surface area contributed by atoms with Crippen LogP contribution in [-0.4, -0.2) is 23.0 Å². The maximum absolute atomic E-state index is 10.7. The Labute approximate surface area is 62.6 Å². The van der Waals surface area contributed by atoms with E-state index in [1.807, 2.05) is 0 Å². The third-order valence-electron chi connectivity index (χ3n) is 1.08. The van der Waals surface area contributed by atoms with Gasteiger partial charge in [-0.2, -0.15) is 5.26 Å². The molecule has 1 aromatic rings. The number of rotatable bonds is 1. The van der Waals surface area contributed by atoms with Crippen LogP contribution in [0.3, 0.4) is 0 Å². The van der Waals surface area contributed by atoms with Crippen LogP contribution in [0.25, 0.3) is 0 Å². The lowest BCUT2D eigenvalue weighted by atomic mass is 10.5. The maximum atomic E-state index is 10.7. The Morgan fingerprint density at radius 1 is 1.91 bits per heavy atom. The Hall–Kier alpha value is -1.83. The van der Waals surface area contributed by atoms with E-state index in [4.69, 9.17) is 5.26 Å². The summed E-state index contributed by atoms with van der Waals surface area (Å²) < 4.78 is 4.35. The van der Waals surface area contributed by atoms with Crippen LogP contribution in [0.2, 0.25) is 0 Å². The second-order valence-corrected chi connectivity index (χ2v) is 1.75. The quantitative estimate of drug-likeness (QED) is 0.576. The molecular weight excluding hydrogens is 146 g/mol. The molecule has 0 aromatic carbocycles. The molecule has 0 amide bonds. The van der Waals surface area contributed by atoms with E-state index < -0.39 is 5.97 Å². The van der Waals surface area contributed by atoms with Gasteiger partial charge in [-0.05, 0) is 0 Å². The van der Waals surface area contributed by atoms with Crippen LogP contribution in [0.5, 0.6) is 0 Å². The molecule has 1 rings (SSSR count). The lowest BCUT2D eigenvalue weighted by Crippen LogP contribution is -2.03. The monoisotopic (exact) mass is 151 g/mol. The molecule has 0 bridgehead atoms. The smallest absolute Gasteiger partial charge is 0.374 e. The van der Waals surface area contributed by atoms with Crippen LogP contribution in [0, 0.1) is 11.3 Å². The number of nitrogens with zero attached hydrogens (tertiary/aromatic N) is 2. The van der Waals surface area contributed by atoms with Crippen LogP contribution in [0.15, 0.2) is 6.20 Å². The number of aromatic nitrogens is 2. The Kier molecular flexibility index (Phi) is 1.88. The zero-order valence-corrected chi connectivity index (χ0v) is 5.79.